The number of pyridine rings is 1. The maximum atomic E-state index is 16.5. The summed E-state index contributed by atoms with van der Waals surface area (Å²) in [6.45, 7) is 9.42. The molecule has 0 radical (unpaired) electrons. The van der Waals surface area contributed by atoms with E-state index < -0.39 is 65.1 Å². The molecule has 1 saturated carbocycles. The first kappa shape index (κ1) is 48.7. The number of alkyl halides is 3. The maximum absolute atomic E-state index is 16.5. The summed E-state index contributed by atoms with van der Waals surface area (Å²) in [6.07, 6.45) is -0.665. The minimum atomic E-state index is -4.70. The van der Waals surface area contributed by atoms with Crippen LogP contribution in [0, 0.1) is 34.4 Å². The predicted molar refractivity (Wildman–Crippen MR) is 262 cm³/mol. The first-order chi connectivity index (χ1) is 34.7. The molecule has 7 atom stereocenters. The standard InChI is InChI=1S/C55H54ClF4N7O6/c1-29-26-66(51(72)47-45(34-9-6-10-37(56)46(34)57)54(43(63-47)24-52(2,3)4)28-62-38-22-42(55(58,59)60)61-25-36(38)54)39-14-12-31(21-41(39)73-29)49(70)65-19-17-53(18-20-65)23-32(53)13-11-30-7-5-8-33-35(30)27-67(50(33)71)40-15-16-44(68)64-48(40)69/h5-10,12,14,21-22,25,29,32,40,43,45,47,62-63H,15-20,23-24,26-28H2,1-4H3,(H,64,68,69)/t29-,32+,40-,43-,45-,47+,54-/m0/s1. The van der Waals surface area contributed by atoms with Gasteiger partial charge in [0, 0.05) is 90.0 Å². The Hall–Kier alpha value is -6.51. The van der Waals surface area contributed by atoms with E-state index in [2.05, 4.69) is 32.8 Å². The molecule has 1 aromatic heterocycles. The zero-order chi connectivity index (χ0) is 51.5. The van der Waals surface area contributed by atoms with E-state index in [0.717, 1.165) is 36.5 Å². The van der Waals surface area contributed by atoms with E-state index in [4.69, 9.17) is 16.3 Å². The Balaban J connectivity index is 0.817. The number of nitrogens with zero attached hydrogens (tertiary/aromatic N) is 4. The zero-order valence-corrected chi connectivity index (χ0v) is 41.5. The second kappa shape index (κ2) is 17.6. The van der Waals surface area contributed by atoms with Gasteiger partial charge in [0.05, 0.1) is 23.3 Å². The molecule has 4 fully saturated rings. The lowest BCUT2D eigenvalue weighted by atomic mass is 9.63. The number of aromatic nitrogens is 1. The van der Waals surface area contributed by atoms with Gasteiger partial charge in [-0.25, -0.2) is 4.39 Å². The Kier molecular flexibility index (Phi) is 11.7. The third-order valence-electron chi connectivity index (χ3n) is 16.3. The number of imide groups is 1. The first-order valence-corrected chi connectivity index (χ1v) is 25.2. The molecule has 3 N–H and O–H groups in total. The van der Waals surface area contributed by atoms with E-state index in [1.165, 1.54) is 17.2 Å². The number of rotatable bonds is 5. The normalized spacial score (nSPS) is 26.9. The van der Waals surface area contributed by atoms with Crippen LogP contribution >= 0.6 is 11.6 Å². The number of carbonyl (C=O) groups excluding carboxylic acids is 5. The second-order valence-electron chi connectivity index (χ2n) is 22.1. The number of likely N-dealkylation sites (tertiary alicyclic amines) is 1. The molecule has 18 heteroatoms. The Bertz CT molecular complexity index is 3090. The van der Waals surface area contributed by atoms with E-state index in [1.54, 1.807) is 47.4 Å². The van der Waals surface area contributed by atoms with Crippen LogP contribution in [-0.2, 0) is 32.5 Å². The maximum Gasteiger partial charge on any atom is 0.433 e. The predicted octanol–water partition coefficient (Wildman–Crippen LogP) is 7.99. The Morgan fingerprint density at radius 2 is 1.78 bits per heavy atom. The smallest absolute Gasteiger partial charge is 0.433 e. The highest BCUT2D eigenvalue weighted by molar-refractivity contribution is 6.30. The van der Waals surface area contributed by atoms with Crippen molar-refractivity contribution in [2.24, 2.45) is 16.7 Å². The molecule has 1 aliphatic carbocycles. The fourth-order valence-electron chi connectivity index (χ4n) is 12.6. The van der Waals surface area contributed by atoms with Crippen LogP contribution in [0.25, 0.3) is 0 Å². The van der Waals surface area contributed by atoms with E-state index >= 15 is 9.18 Å². The van der Waals surface area contributed by atoms with Crippen molar-refractivity contribution in [2.75, 3.05) is 36.4 Å². The molecule has 4 aromatic rings. The van der Waals surface area contributed by atoms with Crippen molar-refractivity contribution in [3.05, 3.63) is 117 Å². The average Bonchev–Trinajstić information content (AvgIpc) is 3.55. The zero-order valence-electron chi connectivity index (χ0n) is 40.7. The molecule has 380 valence electrons. The Morgan fingerprint density at radius 1 is 1.01 bits per heavy atom. The number of amides is 5. The van der Waals surface area contributed by atoms with Gasteiger partial charge in [0.2, 0.25) is 17.7 Å². The highest BCUT2D eigenvalue weighted by Gasteiger charge is 2.63. The molecule has 0 unspecified atom stereocenters. The summed E-state index contributed by atoms with van der Waals surface area (Å²) in [5.74, 6) is 3.95. The van der Waals surface area contributed by atoms with Crippen LogP contribution in [0.15, 0.2) is 66.9 Å². The van der Waals surface area contributed by atoms with Gasteiger partial charge in [0.1, 0.15) is 29.4 Å². The van der Waals surface area contributed by atoms with Gasteiger partial charge in [-0.05, 0) is 103 Å². The van der Waals surface area contributed by atoms with Gasteiger partial charge in [-0.3, -0.25) is 34.3 Å². The minimum absolute atomic E-state index is 0.0324. The number of fused-ring (bicyclic) bond motifs is 4. The molecular formula is C55H54ClF4N7O6. The van der Waals surface area contributed by atoms with Crippen molar-refractivity contribution >= 4 is 52.5 Å². The number of halogens is 5. The van der Waals surface area contributed by atoms with Crippen LogP contribution in [0.5, 0.6) is 5.75 Å². The van der Waals surface area contributed by atoms with Gasteiger partial charge in [0.25, 0.3) is 11.8 Å². The Morgan fingerprint density at radius 3 is 2.52 bits per heavy atom. The monoisotopic (exact) mass is 1020 g/mol. The SMILES string of the molecule is C[C@H]1CN(C(=O)[C@@H]2N[C@@H](CC(C)(C)C)[C@@]3(CNc4cc(C(F)(F)F)ncc43)[C@H]2c2cccc(Cl)c2F)c2ccc(C(=O)N3CCC4(CC3)C[C@H]4C#Cc3cccc4c3CN([C@H]3CCC(=O)NC3=O)C4=O)cc2O1. The average molecular weight is 1020 g/mol. The largest absolute Gasteiger partial charge is 0.487 e. The molecule has 11 rings (SSSR count). The molecule has 7 heterocycles. The third-order valence-corrected chi connectivity index (χ3v) is 16.6. The fraction of sp³-hybridized carbons (Fsp3) is 0.455. The molecule has 3 saturated heterocycles. The van der Waals surface area contributed by atoms with Crippen molar-refractivity contribution in [3.8, 4) is 17.6 Å². The third kappa shape index (κ3) is 8.38. The second-order valence-corrected chi connectivity index (χ2v) is 22.5. The topological polar surface area (TPSA) is 153 Å². The molecule has 73 heavy (non-hydrogen) atoms. The highest BCUT2D eigenvalue weighted by Crippen LogP contribution is 2.60. The van der Waals surface area contributed by atoms with Crippen LogP contribution in [0.2, 0.25) is 5.02 Å². The van der Waals surface area contributed by atoms with Gasteiger partial charge in [-0.1, -0.05) is 62.4 Å². The van der Waals surface area contributed by atoms with Crippen LogP contribution < -0.4 is 25.6 Å². The lowest BCUT2D eigenvalue weighted by Crippen LogP contribution is -2.52. The van der Waals surface area contributed by atoms with Gasteiger partial charge in [0.15, 0.2) is 0 Å². The molecule has 0 bridgehead atoms. The van der Waals surface area contributed by atoms with E-state index in [-0.39, 0.29) is 83.2 Å². The van der Waals surface area contributed by atoms with Crippen molar-refractivity contribution < 1.29 is 46.3 Å². The van der Waals surface area contributed by atoms with Crippen molar-refractivity contribution in [1.29, 1.82) is 0 Å². The minimum Gasteiger partial charge on any atom is -0.487 e. The molecule has 5 amide bonds. The summed E-state index contributed by atoms with van der Waals surface area (Å²) in [5.41, 5.74) is 1.08. The quantitative estimate of drug-likeness (QED) is 0.103. The van der Waals surface area contributed by atoms with E-state index in [1.807, 2.05) is 38.7 Å². The molecule has 3 aromatic carbocycles. The number of nitrogens with one attached hydrogen (secondary N) is 3. The molecule has 7 aliphatic rings. The summed E-state index contributed by atoms with van der Waals surface area (Å²) in [4.78, 5) is 76.2. The number of hydrogen-bond acceptors (Lipinski definition) is 9. The summed E-state index contributed by atoms with van der Waals surface area (Å²) in [6, 6.07) is 13.7. The van der Waals surface area contributed by atoms with Crippen LogP contribution in [0.4, 0.5) is 28.9 Å². The number of benzene rings is 3. The number of anilines is 2. The van der Waals surface area contributed by atoms with Crippen molar-refractivity contribution in [1.82, 2.24) is 25.4 Å². The number of ether oxygens (including phenoxy) is 1. The van der Waals surface area contributed by atoms with Crippen molar-refractivity contribution in [3.63, 3.8) is 0 Å². The van der Waals surface area contributed by atoms with Gasteiger partial charge < -0.3 is 30.1 Å². The molecule has 13 nitrogen and oxygen atoms in total. The lowest BCUT2D eigenvalue weighted by molar-refractivity contribution is -0.141. The summed E-state index contributed by atoms with van der Waals surface area (Å²) in [5, 5.41) is 8.98. The van der Waals surface area contributed by atoms with Crippen LogP contribution in [0.1, 0.15) is 121 Å². The Labute approximate surface area is 424 Å². The van der Waals surface area contributed by atoms with Gasteiger partial charge in [-0.2, -0.15) is 13.2 Å². The van der Waals surface area contributed by atoms with E-state index in [0.29, 0.717) is 47.6 Å². The summed E-state index contributed by atoms with van der Waals surface area (Å²) in [7, 11) is 0. The molecule has 6 aliphatic heterocycles. The number of piperidine rings is 2. The van der Waals surface area contributed by atoms with Gasteiger partial charge in [-0.15, -0.1) is 0 Å². The van der Waals surface area contributed by atoms with E-state index in [9.17, 15) is 32.3 Å². The lowest BCUT2D eigenvalue weighted by Gasteiger charge is -2.40. The van der Waals surface area contributed by atoms with Crippen LogP contribution in [-0.4, -0.2) is 94.7 Å². The van der Waals surface area contributed by atoms with Crippen LogP contribution in [0.3, 0.4) is 0 Å². The number of carbonyl (C=O) groups is 5. The molecule has 2 spiro atoms. The fourth-order valence-corrected chi connectivity index (χ4v) is 12.8. The van der Waals surface area contributed by atoms with Gasteiger partial charge >= 0.3 is 6.18 Å². The van der Waals surface area contributed by atoms with Crippen molar-refractivity contribution in [2.45, 2.75) is 115 Å². The first-order valence-electron chi connectivity index (χ1n) is 24.9. The summed E-state index contributed by atoms with van der Waals surface area (Å²) >= 11 is 6.44. The molecular weight excluding hydrogens is 966 g/mol. The number of hydrogen-bond donors (Lipinski definition) is 3. The summed E-state index contributed by atoms with van der Waals surface area (Å²) < 4.78 is 64.8. The highest BCUT2D eigenvalue weighted by atomic mass is 35.5.